The third kappa shape index (κ3) is 3.75. The van der Waals surface area contributed by atoms with Crippen LogP contribution in [0.5, 0.6) is 11.6 Å². The number of pyridine rings is 1. The molecular weight excluding hydrogens is 396 g/mol. The van der Waals surface area contributed by atoms with E-state index < -0.39 is 0 Å². The summed E-state index contributed by atoms with van der Waals surface area (Å²) in [6.07, 6.45) is 4.61. The monoisotopic (exact) mass is 414 g/mol. The van der Waals surface area contributed by atoms with Crippen LogP contribution in [0.1, 0.15) is 27.3 Å². The molecular formula is C24H18N2O3S. The summed E-state index contributed by atoms with van der Waals surface area (Å²) in [5.74, 6) is 1.09. The second-order valence-electron chi connectivity index (χ2n) is 6.85. The molecule has 6 heteroatoms. The van der Waals surface area contributed by atoms with Crippen LogP contribution in [0, 0.1) is 0 Å². The summed E-state index contributed by atoms with van der Waals surface area (Å²) in [6, 6.07) is 18.8. The second kappa shape index (κ2) is 8.18. The fourth-order valence-corrected chi connectivity index (χ4v) is 4.29. The number of ketones is 1. The Morgan fingerprint density at radius 1 is 1.03 bits per heavy atom. The van der Waals surface area contributed by atoms with E-state index in [9.17, 15) is 4.79 Å². The molecule has 0 spiro atoms. The molecule has 0 N–H and O–H groups in total. The second-order valence-corrected chi connectivity index (χ2v) is 7.88. The molecule has 0 unspecified atom stereocenters. The maximum atomic E-state index is 12.8. The van der Waals surface area contributed by atoms with E-state index in [2.05, 4.69) is 16.0 Å². The van der Waals surface area contributed by atoms with Crippen LogP contribution in [0.15, 0.2) is 72.9 Å². The summed E-state index contributed by atoms with van der Waals surface area (Å²) < 4.78 is 12.4. The van der Waals surface area contributed by atoms with Crippen LogP contribution < -0.4 is 4.74 Å². The minimum absolute atomic E-state index is 0.0892. The molecule has 3 heterocycles. The Morgan fingerprint density at radius 2 is 1.90 bits per heavy atom. The van der Waals surface area contributed by atoms with Gasteiger partial charge in [0.2, 0.25) is 11.7 Å². The number of aromatic nitrogens is 2. The number of benzene rings is 2. The summed E-state index contributed by atoms with van der Waals surface area (Å²) in [7, 11) is 0. The van der Waals surface area contributed by atoms with Gasteiger partial charge in [-0.15, -0.1) is 11.3 Å². The molecule has 0 amide bonds. The molecule has 0 saturated carbocycles. The predicted molar refractivity (Wildman–Crippen MR) is 117 cm³/mol. The Balaban J connectivity index is 1.37. The molecule has 1 aliphatic rings. The van der Waals surface area contributed by atoms with Crippen molar-refractivity contribution in [3.63, 3.8) is 0 Å². The standard InChI is InChI=1S/C24H18N2O3S/c27-22(24-26-20-5-1-2-6-21(20)30-24)17-7-9-18(10-8-17)29-23-19(4-3-13-25-23)16-11-14-28-15-12-16/h1-11,13H,12,14-15H2. The van der Waals surface area contributed by atoms with Crippen LogP contribution >= 0.6 is 11.3 Å². The molecule has 0 aliphatic carbocycles. The van der Waals surface area contributed by atoms with E-state index in [4.69, 9.17) is 9.47 Å². The SMILES string of the molecule is O=C(c1ccc(Oc2ncccc2C2=CCOCC2)cc1)c1nc2ccccc2s1. The van der Waals surface area contributed by atoms with Crippen molar-refractivity contribution in [2.45, 2.75) is 6.42 Å². The number of carbonyl (C=O) groups excluding carboxylic acids is 1. The van der Waals surface area contributed by atoms with Gasteiger partial charge in [0.15, 0.2) is 5.01 Å². The van der Waals surface area contributed by atoms with Crippen LogP contribution in [0.25, 0.3) is 15.8 Å². The van der Waals surface area contributed by atoms with Gasteiger partial charge < -0.3 is 9.47 Å². The maximum absolute atomic E-state index is 12.8. The number of nitrogens with zero attached hydrogens (tertiary/aromatic N) is 2. The summed E-state index contributed by atoms with van der Waals surface area (Å²) >= 11 is 1.41. The molecule has 1 aliphatic heterocycles. The first-order chi connectivity index (χ1) is 14.8. The highest BCUT2D eigenvalue weighted by molar-refractivity contribution is 7.20. The van der Waals surface area contributed by atoms with Crippen LogP contribution in [-0.4, -0.2) is 29.0 Å². The quantitative estimate of drug-likeness (QED) is 0.403. The predicted octanol–water partition coefficient (Wildman–Crippen LogP) is 5.52. The lowest BCUT2D eigenvalue weighted by Gasteiger charge is -2.16. The van der Waals surface area contributed by atoms with Crippen LogP contribution in [-0.2, 0) is 4.74 Å². The largest absolute Gasteiger partial charge is 0.438 e. The molecule has 4 aromatic rings. The first kappa shape index (κ1) is 18.7. The minimum Gasteiger partial charge on any atom is -0.438 e. The molecule has 0 atom stereocenters. The third-order valence-corrected chi connectivity index (χ3v) is 5.93. The van der Waals surface area contributed by atoms with Gasteiger partial charge in [0, 0.05) is 17.3 Å². The van der Waals surface area contributed by atoms with E-state index >= 15 is 0 Å². The van der Waals surface area contributed by atoms with Crippen LogP contribution in [0.3, 0.4) is 0 Å². The summed E-state index contributed by atoms with van der Waals surface area (Å²) in [5.41, 5.74) is 3.56. The Morgan fingerprint density at radius 3 is 2.70 bits per heavy atom. The molecule has 30 heavy (non-hydrogen) atoms. The topological polar surface area (TPSA) is 61.3 Å². The van der Waals surface area contributed by atoms with Gasteiger partial charge in [-0.3, -0.25) is 4.79 Å². The Labute approximate surface area is 177 Å². The number of fused-ring (bicyclic) bond motifs is 1. The van der Waals surface area contributed by atoms with Gasteiger partial charge >= 0.3 is 0 Å². The molecule has 0 saturated heterocycles. The Bertz CT molecular complexity index is 1210. The van der Waals surface area contributed by atoms with Gasteiger partial charge in [0.25, 0.3) is 0 Å². The number of hydrogen-bond acceptors (Lipinski definition) is 6. The smallest absolute Gasteiger partial charge is 0.226 e. The molecule has 148 valence electrons. The minimum atomic E-state index is -0.0892. The number of rotatable bonds is 5. The van der Waals surface area contributed by atoms with Gasteiger partial charge in [-0.1, -0.05) is 18.2 Å². The maximum Gasteiger partial charge on any atom is 0.226 e. The van der Waals surface area contributed by atoms with Crippen LogP contribution in [0.4, 0.5) is 0 Å². The van der Waals surface area contributed by atoms with Crippen molar-refractivity contribution in [2.24, 2.45) is 0 Å². The normalized spacial score (nSPS) is 13.8. The first-order valence-corrected chi connectivity index (χ1v) is 10.5. The van der Waals surface area contributed by atoms with Crippen molar-refractivity contribution in [1.82, 2.24) is 9.97 Å². The summed E-state index contributed by atoms with van der Waals surface area (Å²) in [4.78, 5) is 21.7. The van der Waals surface area contributed by atoms with E-state index in [0.717, 1.165) is 22.2 Å². The molecule has 0 radical (unpaired) electrons. The zero-order chi connectivity index (χ0) is 20.3. The number of hydrogen-bond donors (Lipinski definition) is 0. The van der Waals surface area contributed by atoms with Crippen molar-refractivity contribution in [2.75, 3.05) is 13.2 Å². The van der Waals surface area contributed by atoms with Crippen molar-refractivity contribution >= 4 is 32.9 Å². The van der Waals surface area contributed by atoms with Crippen molar-refractivity contribution < 1.29 is 14.3 Å². The van der Waals surface area contributed by atoms with E-state index in [0.29, 0.717) is 35.4 Å². The molecule has 5 nitrogen and oxygen atoms in total. The zero-order valence-electron chi connectivity index (χ0n) is 16.1. The van der Waals surface area contributed by atoms with Crippen molar-refractivity contribution in [3.05, 3.63) is 89.1 Å². The van der Waals surface area contributed by atoms with Gasteiger partial charge in [-0.2, -0.15) is 0 Å². The number of ether oxygens (including phenoxy) is 2. The lowest BCUT2D eigenvalue weighted by Crippen LogP contribution is -2.05. The van der Waals surface area contributed by atoms with Gasteiger partial charge in [0.1, 0.15) is 5.75 Å². The summed E-state index contributed by atoms with van der Waals surface area (Å²) in [5, 5.41) is 0.489. The first-order valence-electron chi connectivity index (χ1n) is 9.68. The highest BCUT2D eigenvalue weighted by Crippen LogP contribution is 2.31. The molecule has 0 fully saturated rings. The molecule has 2 aromatic heterocycles. The number of carbonyl (C=O) groups is 1. The van der Waals surface area contributed by atoms with Gasteiger partial charge in [-0.05, 0) is 60.5 Å². The Kier molecular flexibility index (Phi) is 5.09. The van der Waals surface area contributed by atoms with E-state index in [-0.39, 0.29) is 5.78 Å². The average Bonchev–Trinajstić information content (AvgIpc) is 3.24. The van der Waals surface area contributed by atoms with Crippen molar-refractivity contribution in [1.29, 1.82) is 0 Å². The fraction of sp³-hybridized carbons (Fsp3) is 0.125. The molecule has 2 aromatic carbocycles. The zero-order valence-corrected chi connectivity index (χ0v) is 16.9. The Hall–Kier alpha value is -3.35. The van der Waals surface area contributed by atoms with E-state index in [1.807, 2.05) is 36.4 Å². The van der Waals surface area contributed by atoms with E-state index in [1.54, 1.807) is 30.5 Å². The number of para-hydroxylation sites is 1. The highest BCUT2D eigenvalue weighted by Gasteiger charge is 2.16. The molecule has 0 bridgehead atoms. The highest BCUT2D eigenvalue weighted by atomic mass is 32.1. The van der Waals surface area contributed by atoms with Gasteiger partial charge in [0.05, 0.1) is 23.4 Å². The number of thiazole rings is 1. The average molecular weight is 414 g/mol. The van der Waals surface area contributed by atoms with Crippen LogP contribution in [0.2, 0.25) is 0 Å². The summed E-state index contributed by atoms with van der Waals surface area (Å²) in [6.45, 7) is 1.30. The lowest BCUT2D eigenvalue weighted by atomic mass is 10.0. The lowest BCUT2D eigenvalue weighted by molar-refractivity contribution is 0.103. The fourth-order valence-electron chi connectivity index (χ4n) is 3.37. The van der Waals surface area contributed by atoms with Crippen molar-refractivity contribution in [3.8, 4) is 11.6 Å². The molecule has 5 rings (SSSR count). The van der Waals surface area contributed by atoms with E-state index in [1.165, 1.54) is 16.9 Å². The third-order valence-electron chi connectivity index (χ3n) is 4.90. The van der Waals surface area contributed by atoms with Gasteiger partial charge in [-0.25, -0.2) is 9.97 Å².